The molecule has 0 radical (unpaired) electrons. The molecule has 1 aromatic carbocycles. The monoisotopic (exact) mass is 370 g/mol. The third-order valence-corrected chi connectivity index (χ3v) is 4.59. The van der Waals surface area contributed by atoms with Crippen molar-refractivity contribution in [3.63, 3.8) is 0 Å². The first-order valence-electron chi connectivity index (χ1n) is 9.86. The number of nitrogens with zero attached hydrogens (tertiary/aromatic N) is 4. The first-order valence-corrected chi connectivity index (χ1v) is 9.86. The zero-order valence-electron chi connectivity index (χ0n) is 17.2. The quantitative estimate of drug-likeness (QED) is 0.384. The average molecular weight is 371 g/mol. The summed E-state index contributed by atoms with van der Waals surface area (Å²) in [5.74, 6) is 0.866. The van der Waals surface area contributed by atoms with E-state index in [1.54, 1.807) is 0 Å². The Morgan fingerprint density at radius 1 is 1.19 bits per heavy atom. The fourth-order valence-electron chi connectivity index (χ4n) is 2.70. The van der Waals surface area contributed by atoms with Gasteiger partial charge in [0.05, 0.1) is 6.54 Å². The van der Waals surface area contributed by atoms with Crippen LogP contribution in [0.2, 0.25) is 0 Å². The van der Waals surface area contributed by atoms with Crippen molar-refractivity contribution in [2.45, 2.75) is 52.9 Å². The van der Waals surface area contributed by atoms with Crippen LogP contribution in [0, 0.1) is 0 Å². The van der Waals surface area contributed by atoms with E-state index in [-0.39, 0.29) is 0 Å². The molecule has 2 N–H and O–H groups in total. The van der Waals surface area contributed by atoms with Gasteiger partial charge in [0, 0.05) is 44.6 Å². The summed E-state index contributed by atoms with van der Waals surface area (Å²) in [5.41, 5.74) is 2.62. The van der Waals surface area contributed by atoms with Crippen molar-refractivity contribution in [3.8, 4) is 0 Å². The van der Waals surface area contributed by atoms with Gasteiger partial charge in [-0.25, -0.2) is 4.99 Å². The van der Waals surface area contributed by atoms with Gasteiger partial charge in [0.15, 0.2) is 5.96 Å². The van der Waals surface area contributed by atoms with E-state index in [2.05, 4.69) is 72.7 Å². The molecule has 148 valence electrons. The van der Waals surface area contributed by atoms with Crippen LogP contribution >= 0.6 is 0 Å². The van der Waals surface area contributed by atoms with Crippen LogP contribution in [0.5, 0.6) is 0 Å². The number of guanidine groups is 1. The molecule has 6 heteroatoms. The van der Waals surface area contributed by atoms with Gasteiger partial charge in [-0.05, 0) is 51.4 Å². The molecule has 0 aliphatic carbocycles. The van der Waals surface area contributed by atoms with E-state index in [1.807, 2.05) is 23.1 Å². The topological polar surface area (TPSA) is 57.5 Å². The zero-order chi connectivity index (χ0) is 19.5. The van der Waals surface area contributed by atoms with Crippen LogP contribution in [-0.2, 0) is 19.6 Å². The van der Waals surface area contributed by atoms with Gasteiger partial charge in [0.2, 0.25) is 0 Å². The summed E-state index contributed by atoms with van der Waals surface area (Å²) in [5, 5.41) is 11.0. The zero-order valence-corrected chi connectivity index (χ0v) is 17.2. The van der Waals surface area contributed by atoms with Gasteiger partial charge in [-0.15, -0.1) is 0 Å². The molecule has 0 aliphatic heterocycles. The number of hydrogen-bond donors (Lipinski definition) is 2. The molecule has 6 nitrogen and oxygen atoms in total. The van der Waals surface area contributed by atoms with E-state index >= 15 is 0 Å². The molecule has 2 rings (SSSR count). The van der Waals surface area contributed by atoms with Gasteiger partial charge in [-0.3, -0.25) is 9.58 Å². The summed E-state index contributed by atoms with van der Waals surface area (Å²) in [6.07, 6.45) is 4.80. The second-order valence-corrected chi connectivity index (χ2v) is 7.02. The molecule has 0 amide bonds. The SMILES string of the molecule is CCNC(=NCc1ccccc1CN(C)C(C)C)NCCCn1cccn1. The van der Waals surface area contributed by atoms with E-state index < -0.39 is 0 Å². The Kier molecular flexibility index (Phi) is 8.84. The van der Waals surface area contributed by atoms with Crippen LogP contribution < -0.4 is 10.6 Å². The molecule has 0 bridgehead atoms. The van der Waals surface area contributed by atoms with E-state index in [9.17, 15) is 0 Å². The van der Waals surface area contributed by atoms with Gasteiger partial charge < -0.3 is 10.6 Å². The van der Waals surface area contributed by atoms with Gasteiger partial charge >= 0.3 is 0 Å². The lowest BCUT2D eigenvalue weighted by Crippen LogP contribution is -2.38. The molecule has 0 aliphatic rings. The number of nitrogens with one attached hydrogen (secondary N) is 2. The molecule has 0 unspecified atom stereocenters. The lowest BCUT2D eigenvalue weighted by molar-refractivity contribution is 0.265. The van der Waals surface area contributed by atoms with Crippen LogP contribution in [0.1, 0.15) is 38.3 Å². The highest BCUT2D eigenvalue weighted by Crippen LogP contribution is 2.13. The summed E-state index contributed by atoms with van der Waals surface area (Å²) in [6, 6.07) is 11.1. The van der Waals surface area contributed by atoms with Crippen LogP contribution in [0.15, 0.2) is 47.7 Å². The molecule has 0 fully saturated rings. The number of aliphatic imine (C=N–C) groups is 1. The molecule has 1 heterocycles. The summed E-state index contributed by atoms with van der Waals surface area (Å²) in [7, 11) is 2.16. The summed E-state index contributed by atoms with van der Waals surface area (Å²) in [6.45, 7) is 10.8. The molecule has 0 spiro atoms. The fourth-order valence-corrected chi connectivity index (χ4v) is 2.70. The van der Waals surface area contributed by atoms with Crippen molar-refractivity contribution >= 4 is 5.96 Å². The first-order chi connectivity index (χ1) is 13.1. The number of aromatic nitrogens is 2. The molecule has 1 aromatic heterocycles. The molecular weight excluding hydrogens is 336 g/mol. The summed E-state index contributed by atoms with van der Waals surface area (Å²) >= 11 is 0. The largest absolute Gasteiger partial charge is 0.357 e. The van der Waals surface area contributed by atoms with E-state index in [0.717, 1.165) is 38.6 Å². The average Bonchev–Trinajstić information content (AvgIpc) is 3.17. The number of rotatable bonds is 10. The Morgan fingerprint density at radius 2 is 1.96 bits per heavy atom. The predicted molar refractivity (Wildman–Crippen MR) is 113 cm³/mol. The van der Waals surface area contributed by atoms with E-state index in [4.69, 9.17) is 4.99 Å². The first kappa shape index (κ1) is 21.0. The van der Waals surface area contributed by atoms with Crippen LogP contribution in [0.4, 0.5) is 0 Å². The molecular formula is C21H34N6. The Morgan fingerprint density at radius 3 is 2.63 bits per heavy atom. The lowest BCUT2D eigenvalue weighted by Gasteiger charge is -2.22. The normalized spacial score (nSPS) is 12.0. The maximum absolute atomic E-state index is 4.78. The Labute approximate surface area is 163 Å². The van der Waals surface area contributed by atoms with Gasteiger partial charge in [-0.2, -0.15) is 5.10 Å². The highest BCUT2D eigenvalue weighted by Gasteiger charge is 2.08. The second-order valence-electron chi connectivity index (χ2n) is 7.02. The van der Waals surface area contributed by atoms with Crippen molar-refractivity contribution < 1.29 is 0 Å². The third-order valence-electron chi connectivity index (χ3n) is 4.59. The molecule has 0 atom stereocenters. The lowest BCUT2D eigenvalue weighted by atomic mass is 10.1. The van der Waals surface area contributed by atoms with Crippen molar-refractivity contribution in [1.29, 1.82) is 0 Å². The van der Waals surface area contributed by atoms with Crippen LogP contribution in [0.25, 0.3) is 0 Å². The van der Waals surface area contributed by atoms with E-state index in [1.165, 1.54) is 11.1 Å². The van der Waals surface area contributed by atoms with Crippen molar-refractivity contribution in [2.24, 2.45) is 4.99 Å². The van der Waals surface area contributed by atoms with Crippen molar-refractivity contribution in [1.82, 2.24) is 25.3 Å². The minimum atomic E-state index is 0.523. The minimum absolute atomic E-state index is 0.523. The number of benzene rings is 1. The highest BCUT2D eigenvalue weighted by atomic mass is 15.3. The second kappa shape index (κ2) is 11.4. The minimum Gasteiger partial charge on any atom is -0.357 e. The third kappa shape index (κ3) is 7.43. The maximum Gasteiger partial charge on any atom is 0.191 e. The van der Waals surface area contributed by atoms with E-state index in [0.29, 0.717) is 12.6 Å². The predicted octanol–water partition coefficient (Wildman–Crippen LogP) is 2.87. The summed E-state index contributed by atoms with van der Waals surface area (Å²) < 4.78 is 1.95. The molecule has 0 saturated heterocycles. The molecule has 27 heavy (non-hydrogen) atoms. The Bertz CT molecular complexity index is 678. The highest BCUT2D eigenvalue weighted by molar-refractivity contribution is 5.79. The Hall–Kier alpha value is -2.34. The van der Waals surface area contributed by atoms with Crippen molar-refractivity contribution in [2.75, 3.05) is 20.1 Å². The standard InChI is InChI=1S/C21H34N6/c1-5-22-21(23-12-8-14-27-15-9-13-25-27)24-16-19-10-6-7-11-20(19)17-26(4)18(2)3/h6-7,9-11,13,15,18H,5,8,12,14,16-17H2,1-4H3,(H2,22,23,24). The number of aryl methyl sites for hydroxylation is 1. The smallest absolute Gasteiger partial charge is 0.191 e. The van der Waals surface area contributed by atoms with Crippen molar-refractivity contribution in [3.05, 3.63) is 53.9 Å². The Balaban J connectivity index is 1.91. The van der Waals surface area contributed by atoms with Crippen LogP contribution in [0.3, 0.4) is 0 Å². The molecule has 0 saturated carbocycles. The fraction of sp³-hybridized carbons (Fsp3) is 0.524. The maximum atomic E-state index is 4.78. The number of hydrogen-bond acceptors (Lipinski definition) is 3. The van der Waals surface area contributed by atoms with Gasteiger partial charge in [0.1, 0.15) is 0 Å². The van der Waals surface area contributed by atoms with Gasteiger partial charge in [-0.1, -0.05) is 24.3 Å². The summed E-state index contributed by atoms with van der Waals surface area (Å²) in [4.78, 5) is 7.13. The van der Waals surface area contributed by atoms with Gasteiger partial charge in [0.25, 0.3) is 0 Å². The van der Waals surface area contributed by atoms with Crippen LogP contribution in [-0.4, -0.2) is 46.8 Å². The molecule has 2 aromatic rings.